The largest absolute Gasteiger partial charge is 0.354 e. The lowest BCUT2D eigenvalue weighted by molar-refractivity contribution is -0.124. The van der Waals surface area contributed by atoms with E-state index in [-0.39, 0.29) is 11.5 Å². The van der Waals surface area contributed by atoms with Crippen LogP contribution in [0.4, 0.5) is 5.69 Å². The van der Waals surface area contributed by atoms with E-state index in [1.165, 1.54) is 17.0 Å². The van der Waals surface area contributed by atoms with Crippen molar-refractivity contribution in [1.82, 2.24) is 25.8 Å². The highest BCUT2D eigenvalue weighted by Crippen LogP contribution is 2.32. The highest BCUT2D eigenvalue weighted by Gasteiger charge is 2.24. The molecule has 10 heteroatoms. The maximum absolute atomic E-state index is 13.3. The Kier molecular flexibility index (Phi) is 8.30. The van der Waals surface area contributed by atoms with E-state index in [9.17, 15) is 9.59 Å². The minimum Gasteiger partial charge on any atom is -0.354 e. The third-order valence-corrected chi connectivity index (χ3v) is 6.23. The van der Waals surface area contributed by atoms with Crippen molar-refractivity contribution in [3.8, 4) is 11.3 Å². The summed E-state index contributed by atoms with van der Waals surface area (Å²) in [6.45, 7) is 4.74. The van der Waals surface area contributed by atoms with E-state index < -0.39 is 6.04 Å². The lowest BCUT2D eigenvalue weighted by atomic mass is 10.0. The number of carbonyl (C=O) groups is 1. The molecule has 1 aliphatic rings. The molecule has 0 aliphatic carbocycles. The van der Waals surface area contributed by atoms with E-state index in [0.717, 1.165) is 12.0 Å². The molecule has 36 heavy (non-hydrogen) atoms. The zero-order valence-electron chi connectivity index (χ0n) is 20.0. The van der Waals surface area contributed by atoms with Crippen molar-refractivity contribution in [2.24, 2.45) is 5.92 Å². The molecule has 0 fully saturated rings. The lowest BCUT2D eigenvalue weighted by Crippen LogP contribution is -2.39. The van der Waals surface area contributed by atoms with Crippen LogP contribution < -0.4 is 26.8 Å². The summed E-state index contributed by atoms with van der Waals surface area (Å²) in [5, 5.41) is 5.55. The zero-order valence-corrected chi connectivity index (χ0v) is 21.6. The van der Waals surface area contributed by atoms with Gasteiger partial charge in [-0.2, -0.15) is 0 Å². The minimum atomic E-state index is -0.737. The normalized spacial score (nSPS) is 13.9. The fraction of sp³-hybridized carbons (Fsp3) is 0.269. The van der Waals surface area contributed by atoms with Gasteiger partial charge in [-0.15, -0.1) is 5.53 Å². The highest BCUT2D eigenvalue weighted by atomic mass is 35.5. The number of hydrazine groups is 2. The SMILES string of the molecule is CC(C)CCNC(=O)[C@H](Cc1ccccc1)n1cnc(-c2cc(Cl)ccc2N2C=C(Cl)NN2)cc1=O. The first-order valence-electron chi connectivity index (χ1n) is 11.7. The number of hydrogen-bond donors (Lipinski definition) is 3. The number of halogens is 2. The molecule has 188 valence electrons. The summed E-state index contributed by atoms with van der Waals surface area (Å²) >= 11 is 12.3. The summed E-state index contributed by atoms with van der Waals surface area (Å²) < 4.78 is 1.39. The van der Waals surface area contributed by atoms with Crippen LogP contribution in [0, 0.1) is 5.92 Å². The summed E-state index contributed by atoms with van der Waals surface area (Å²) in [4.78, 5) is 31.1. The smallest absolute Gasteiger partial charge is 0.254 e. The molecule has 1 amide bonds. The molecule has 1 atom stereocenters. The van der Waals surface area contributed by atoms with Crippen LogP contribution in [0.25, 0.3) is 11.3 Å². The molecule has 0 saturated heterocycles. The molecule has 0 bridgehead atoms. The number of anilines is 1. The molecular formula is C26H28Cl2N6O2. The molecule has 4 rings (SSSR count). The average molecular weight is 527 g/mol. The van der Waals surface area contributed by atoms with E-state index in [4.69, 9.17) is 23.2 Å². The van der Waals surface area contributed by atoms with Gasteiger partial charge in [-0.05, 0) is 36.1 Å². The maximum atomic E-state index is 13.3. The number of amides is 1. The van der Waals surface area contributed by atoms with Gasteiger partial charge in [0, 0.05) is 29.6 Å². The van der Waals surface area contributed by atoms with Crippen LogP contribution in [-0.4, -0.2) is 22.0 Å². The van der Waals surface area contributed by atoms with Gasteiger partial charge < -0.3 is 5.32 Å². The minimum absolute atomic E-state index is 0.216. The van der Waals surface area contributed by atoms with E-state index in [2.05, 4.69) is 35.1 Å². The van der Waals surface area contributed by atoms with Gasteiger partial charge in [0.05, 0.1) is 23.9 Å². The number of rotatable bonds is 9. The van der Waals surface area contributed by atoms with Gasteiger partial charge in [-0.25, -0.2) is 4.98 Å². The van der Waals surface area contributed by atoms with Crippen molar-refractivity contribution in [1.29, 1.82) is 0 Å². The molecule has 0 spiro atoms. The molecular weight excluding hydrogens is 499 g/mol. The average Bonchev–Trinajstić information content (AvgIpc) is 3.29. The number of benzene rings is 2. The van der Waals surface area contributed by atoms with Gasteiger partial charge in [0.25, 0.3) is 5.56 Å². The van der Waals surface area contributed by atoms with E-state index >= 15 is 0 Å². The Morgan fingerprint density at radius 3 is 2.56 bits per heavy atom. The number of carbonyl (C=O) groups excluding carboxylic acids is 1. The summed E-state index contributed by atoms with van der Waals surface area (Å²) in [5.74, 6) is 0.241. The van der Waals surface area contributed by atoms with Crippen LogP contribution >= 0.6 is 23.2 Å². The van der Waals surface area contributed by atoms with Crippen molar-refractivity contribution >= 4 is 34.8 Å². The third kappa shape index (κ3) is 6.26. The number of hydrogen-bond acceptors (Lipinski definition) is 6. The van der Waals surface area contributed by atoms with Gasteiger partial charge in [-0.1, -0.05) is 67.4 Å². The summed E-state index contributed by atoms with van der Waals surface area (Å²) in [7, 11) is 0. The van der Waals surface area contributed by atoms with Gasteiger partial charge in [0.15, 0.2) is 0 Å². The fourth-order valence-electron chi connectivity index (χ4n) is 3.89. The monoisotopic (exact) mass is 526 g/mol. The second-order valence-corrected chi connectivity index (χ2v) is 9.79. The predicted octanol–water partition coefficient (Wildman–Crippen LogP) is 4.38. The Bertz CT molecular complexity index is 1310. The molecule has 3 N–H and O–H groups in total. The number of nitrogens with zero attached hydrogens (tertiary/aromatic N) is 3. The van der Waals surface area contributed by atoms with Crippen LogP contribution in [0.2, 0.25) is 5.02 Å². The van der Waals surface area contributed by atoms with Crippen LogP contribution in [0.1, 0.15) is 31.9 Å². The third-order valence-electron chi connectivity index (χ3n) is 5.80. The number of aromatic nitrogens is 2. The van der Waals surface area contributed by atoms with E-state index in [0.29, 0.717) is 46.0 Å². The Morgan fingerprint density at radius 2 is 1.89 bits per heavy atom. The summed E-state index contributed by atoms with van der Waals surface area (Å²) in [6, 6.07) is 15.6. The van der Waals surface area contributed by atoms with Gasteiger partial charge in [-0.3, -0.25) is 24.6 Å². The first-order chi connectivity index (χ1) is 17.3. The van der Waals surface area contributed by atoms with Crippen LogP contribution in [-0.2, 0) is 11.2 Å². The topological polar surface area (TPSA) is 91.3 Å². The first kappa shape index (κ1) is 25.8. The second-order valence-electron chi connectivity index (χ2n) is 8.94. The number of nitrogens with one attached hydrogen (secondary N) is 3. The Balaban J connectivity index is 1.67. The zero-order chi connectivity index (χ0) is 25.7. The Labute approximate surface area is 219 Å². The quantitative estimate of drug-likeness (QED) is 0.358. The van der Waals surface area contributed by atoms with Gasteiger partial charge >= 0.3 is 0 Å². The van der Waals surface area contributed by atoms with Crippen molar-refractivity contribution in [2.75, 3.05) is 11.6 Å². The molecule has 1 aliphatic heterocycles. The lowest BCUT2D eigenvalue weighted by Gasteiger charge is -2.21. The predicted molar refractivity (Wildman–Crippen MR) is 143 cm³/mol. The molecule has 2 aromatic carbocycles. The van der Waals surface area contributed by atoms with Crippen LogP contribution in [0.15, 0.2) is 77.1 Å². The fourth-order valence-corrected chi connectivity index (χ4v) is 4.20. The van der Waals surface area contributed by atoms with Crippen LogP contribution in [0.5, 0.6) is 0 Å². The molecule has 1 aromatic heterocycles. The van der Waals surface area contributed by atoms with Crippen molar-refractivity contribution in [2.45, 2.75) is 32.7 Å². The van der Waals surface area contributed by atoms with E-state index in [1.54, 1.807) is 29.4 Å². The highest BCUT2D eigenvalue weighted by molar-refractivity contribution is 6.31. The van der Waals surface area contributed by atoms with Crippen molar-refractivity contribution in [3.63, 3.8) is 0 Å². The van der Waals surface area contributed by atoms with Crippen molar-refractivity contribution in [3.05, 3.63) is 93.2 Å². The second kappa shape index (κ2) is 11.6. The summed E-state index contributed by atoms with van der Waals surface area (Å²) in [5.41, 5.74) is 8.07. The standard InChI is InChI=1S/C26H28Cl2N6O2/c1-17(2)10-11-29-26(36)23(12-18-6-4-3-5-7-18)33-16-30-21(14-25(33)35)20-13-19(27)8-9-22(20)34-15-24(28)31-32-34/h3-9,13-17,23,31-32H,10-12H2,1-2H3,(H,29,36)/t23-/m0/s1. The molecule has 2 heterocycles. The Hall–Kier alpha value is -3.33. The maximum Gasteiger partial charge on any atom is 0.254 e. The summed E-state index contributed by atoms with van der Waals surface area (Å²) in [6.07, 6.45) is 4.30. The first-order valence-corrected chi connectivity index (χ1v) is 12.5. The van der Waals surface area contributed by atoms with Gasteiger partial charge in [0.1, 0.15) is 11.2 Å². The van der Waals surface area contributed by atoms with E-state index in [1.807, 2.05) is 30.3 Å². The molecule has 0 radical (unpaired) electrons. The van der Waals surface area contributed by atoms with Crippen LogP contribution in [0.3, 0.4) is 0 Å². The molecule has 0 saturated carbocycles. The van der Waals surface area contributed by atoms with Gasteiger partial charge in [0.2, 0.25) is 5.91 Å². The Morgan fingerprint density at radius 1 is 1.11 bits per heavy atom. The molecule has 8 nitrogen and oxygen atoms in total. The molecule has 3 aromatic rings. The molecule has 0 unspecified atom stereocenters. The van der Waals surface area contributed by atoms with Crippen molar-refractivity contribution < 1.29 is 4.79 Å².